The zero-order chi connectivity index (χ0) is 13.4. The van der Waals surface area contributed by atoms with Gasteiger partial charge in [-0.25, -0.2) is 4.98 Å². The Morgan fingerprint density at radius 2 is 2.28 bits per heavy atom. The zero-order valence-electron chi connectivity index (χ0n) is 11.6. The van der Waals surface area contributed by atoms with E-state index < -0.39 is 0 Å². The van der Waals surface area contributed by atoms with Gasteiger partial charge in [0.25, 0.3) is 0 Å². The average molecular weight is 253 g/mol. The highest BCUT2D eigenvalue weighted by Crippen LogP contribution is 2.06. The van der Waals surface area contributed by atoms with Gasteiger partial charge in [-0.1, -0.05) is 13.8 Å². The van der Waals surface area contributed by atoms with Crippen molar-refractivity contribution >= 4 is 5.97 Å². The topological polar surface area (TPSA) is 47.4 Å². The fourth-order valence-electron chi connectivity index (χ4n) is 1.85. The van der Waals surface area contributed by atoms with E-state index in [1.807, 2.05) is 12.5 Å². The molecule has 1 aromatic rings. The number of hydrogen-bond acceptors (Lipinski definition) is 4. The summed E-state index contributed by atoms with van der Waals surface area (Å²) in [6.45, 7) is 7.70. The molecule has 5 nitrogen and oxygen atoms in total. The summed E-state index contributed by atoms with van der Waals surface area (Å²) in [4.78, 5) is 17.5. The summed E-state index contributed by atoms with van der Waals surface area (Å²) < 4.78 is 6.83. The monoisotopic (exact) mass is 253 g/mol. The molecule has 1 heterocycles. The van der Waals surface area contributed by atoms with E-state index in [0.29, 0.717) is 6.42 Å². The summed E-state index contributed by atoms with van der Waals surface area (Å²) in [5, 5.41) is 0. The van der Waals surface area contributed by atoms with Crippen LogP contribution in [0.15, 0.2) is 12.5 Å². The quantitative estimate of drug-likeness (QED) is 0.661. The van der Waals surface area contributed by atoms with Crippen molar-refractivity contribution in [1.29, 1.82) is 0 Å². The maximum absolute atomic E-state index is 11.1. The second-order valence-electron chi connectivity index (χ2n) is 4.27. The molecular formula is C13H23N3O2. The normalized spacial score (nSPS) is 10.9. The van der Waals surface area contributed by atoms with E-state index >= 15 is 0 Å². The molecule has 1 rings (SSSR count). The second kappa shape index (κ2) is 7.87. The maximum Gasteiger partial charge on any atom is 0.306 e. The predicted molar refractivity (Wildman–Crippen MR) is 70.1 cm³/mol. The third kappa shape index (κ3) is 4.49. The number of rotatable bonds is 8. The van der Waals surface area contributed by atoms with Crippen LogP contribution in [0, 0.1) is 0 Å². The van der Waals surface area contributed by atoms with Gasteiger partial charge in [-0.15, -0.1) is 0 Å². The van der Waals surface area contributed by atoms with Crippen molar-refractivity contribution in [2.45, 2.75) is 39.8 Å². The third-order valence-electron chi connectivity index (χ3n) is 2.96. The van der Waals surface area contributed by atoms with E-state index in [1.54, 1.807) is 0 Å². The third-order valence-corrected chi connectivity index (χ3v) is 2.96. The minimum absolute atomic E-state index is 0.157. The molecule has 0 aromatic carbocycles. The van der Waals surface area contributed by atoms with Crippen LogP contribution in [0.1, 0.15) is 32.4 Å². The molecule has 102 valence electrons. The molecule has 0 spiro atoms. The number of carbonyl (C=O) groups excluding carboxylic acids is 1. The molecule has 18 heavy (non-hydrogen) atoms. The molecule has 5 heteroatoms. The Bertz CT molecular complexity index is 363. The number of nitrogens with zero attached hydrogens (tertiary/aromatic N) is 3. The number of carbonyl (C=O) groups is 1. The molecule has 0 bridgehead atoms. The Kier molecular flexibility index (Phi) is 6.43. The summed E-state index contributed by atoms with van der Waals surface area (Å²) in [5.41, 5.74) is 1.20. The van der Waals surface area contributed by atoms with Crippen LogP contribution in [-0.4, -0.2) is 40.6 Å². The fourth-order valence-corrected chi connectivity index (χ4v) is 1.85. The summed E-state index contributed by atoms with van der Waals surface area (Å²) in [6.07, 6.45) is 5.30. The first-order valence-corrected chi connectivity index (χ1v) is 6.49. The van der Waals surface area contributed by atoms with Gasteiger partial charge < -0.3 is 9.30 Å². The Morgan fingerprint density at radius 3 is 2.89 bits per heavy atom. The van der Waals surface area contributed by atoms with Crippen LogP contribution in [0.2, 0.25) is 0 Å². The van der Waals surface area contributed by atoms with E-state index in [2.05, 4.69) is 33.0 Å². The number of aromatic nitrogens is 2. The first-order valence-electron chi connectivity index (χ1n) is 6.49. The molecule has 0 radical (unpaired) electrons. The Labute approximate surface area is 109 Å². The van der Waals surface area contributed by atoms with Gasteiger partial charge >= 0.3 is 5.97 Å². The summed E-state index contributed by atoms with van der Waals surface area (Å²) >= 11 is 0. The smallest absolute Gasteiger partial charge is 0.306 e. The van der Waals surface area contributed by atoms with Crippen LogP contribution in [0.3, 0.4) is 0 Å². The van der Waals surface area contributed by atoms with Crippen LogP contribution in [-0.2, 0) is 22.6 Å². The van der Waals surface area contributed by atoms with Crippen molar-refractivity contribution in [3.8, 4) is 0 Å². The van der Waals surface area contributed by atoms with E-state index in [0.717, 1.165) is 32.6 Å². The molecular weight excluding hydrogens is 230 g/mol. The highest BCUT2D eigenvalue weighted by Gasteiger charge is 2.10. The number of esters is 1. The summed E-state index contributed by atoms with van der Waals surface area (Å²) in [5.74, 6) is -0.157. The second-order valence-corrected chi connectivity index (χ2v) is 4.27. The van der Waals surface area contributed by atoms with Gasteiger partial charge in [0.15, 0.2) is 0 Å². The van der Waals surface area contributed by atoms with Crippen molar-refractivity contribution in [2.24, 2.45) is 0 Å². The highest BCUT2D eigenvalue weighted by molar-refractivity contribution is 5.69. The SMILES string of the molecule is CCCn1cncc1CN(CC)CCC(=O)OC. The molecule has 0 aliphatic heterocycles. The molecule has 0 unspecified atom stereocenters. The van der Waals surface area contributed by atoms with Crippen LogP contribution < -0.4 is 0 Å². The van der Waals surface area contributed by atoms with Crippen molar-refractivity contribution in [2.75, 3.05) is 20.2 Å². The van der Waals surface area contributed by atoms with Gasteiger partial charge in [0.1, 0.15) is 0 Å². The Hall–Kier alpha value is -1.36. The summed E-state index contributed by atoms with van der Waals surface area (Å²) in [6, 6.07) is 0. The van der Waals surface area contributed by atoms with Crippen LogP contribution in [0.25, 0.3) is 0 Å². The standard InChI is InChI=1S/C13H23N3O2/c1-4-7-16-11-14-9-12(16)10-15(5-2)8-6-13(17)18-3/h9,11H,4-8,10H2,1-3H3. The van der Waals surface area contributed by atoms with Gasteiger partial charge in [-0.3, -0.25) is 9.69 Å². The Morgan fingerprint density at radius 1 is 1.50 bits per heavy atom. The highest BCUT2D eigenvalue weighted by atomic mass is 16.5. The number of hydrogen-bond donors (Lipinski definition) is 0. The minimum Gasteiger partial charge on any atom is -0.469 e. The van der Waals surface area contributed by atoms with E-state index in [-0.39, 0.29) is 5.97 Å². The zero-order valence-corrected chi connectivity index (χ0v) is 11.6. The van der Waals surface area contributed by atoms with Crippen LogP contribution in [0.5, 0.6) is 0 Å². The lowest BCUT2D eigenvalue weighted by Crippen LogP contribution is -2.27. The van der Waals surface area contributed by atoms with Gasteiger partial charge in [0, 0.05) is 25.8 Å². The van der Waals surface area contributed by atoms with Crippen LogP contribution in [0.4, 0.5) is 0 Å². The lowest BCUT2D eigenvalue weighted by molar-refractivity contribution is -0.141. The lowest BCUT2D eigenvalue weighted by Gasteiger charge is -2.20. The van der Waals surface area contributed by atoms with Crippen LogP contribution >= 0.6 is 0 Å². The largest absolute Gasteiger partial charge is 0.469 e. The number of imidazole rings is 1. The van der Waals surface area contributed by atoms with E-state index in [9.17, 15) is 4.79 Å². The fraction of sp³-hybridized carbons (Fsp3) is 0.692. The van der Waals surface area contributed by atoms with Crippen molar-refractivity contribution in [3.05, 3.63) is 18.2 Å². The molecule has 0 saturated carbocycles. The molecule has 0 N–H and O–H groups in total. The number of aryl methyl sites for hydroxylation is 1. The van der Waals surface area contributed by atoms with Gasteiger partial charge in [-0.05, 0) is 13.0 Å². The number of methoxy groups -OCH3 is 1. The molecule has 0 aliphatic rings. The van der Waals surface area contributed by atoms with E-state index in [1.165, 1.54) is 12.8 Å². The molecule has 0 atom stereocenters. The van der Waals surface area contributed by atoms with Gasteiger partial charge in [-0.2, -0.15) is 0 Å². The van der Waals surface area contributed by atoms with Gasteiger partial charge in [0.05, 0.1) is 25.6 Å². The van der Waals surface area contributed by atoms with Gasteiger partial charge in [0.2, 0.25) is 0 Å². The van der Waals surface area contributed by atoms with Crippen molar-refractivity contribution in [1.82, 2.24) is 14.5 Å². The first-order chi connectivity index (χ1) is 8.71. The predicted octanol–water partition coefficient (Wildman–Crippen LogP) is 1.68. The average Bonchev–Trinajstić information content (AvgIpc) is 2.81. The first kappa shape index (κ1) is 14.7. The Balaban J connectivity index is 2.51. The van der Waals surface area contributed by atoms with Crippen molar-refractivity contribution < 1.29 is 9.53 Å². The number of ether oxygens (including phenoxy) is 1. The molecule has 0 fully saturated rings. The minimum atomic E-state index is -0.157. The van der Waals surface area contributed by atoms with Crippen molar-refractivity contribution in [3.63, 3.8) is 0 Å². The lowest BCUT2D eigenvalue weighted by atomic mass is 10.3. The molecule has 0 aliphatic carbocycles. The maximum atomic E-state index is 11.1. The molecule has 0 saturated heterocycles. The summed E-state index contributed by atoms with van der Waals surface area (Å²) in [7, 11) is 1.43. The molecule has 1 aromatic heterocycles. The molecule has 0 amide bonds. The van der Waals surface area contributed by atoms with E-state index in [4.69, 9.17) is 0 Å².